The van der Waals surface area contributed by atoms with Gasteiger partial charge in [0.25, 0.3) is 0 Å². The minimum atomic E-state index is -0.565. The van der Waals surface area contributed by atoms with E-state index in [1.165, 1.54) is 18.2 Å². The van der Waals surface area contributed by atoms with Crippen molar-refractivity contribution in [2.45, 2.75) is 41.2 Å². The van der Waals surface area contributed by atoms with Gasteiger partial charge < -0.3 is 5.32 Å². The molecule has 28 heavy (non-hydrogen) atoms. The van der Waals surface area contributed by atoms with Crippen molar-refractivity contribution in [2.75, 3.05) is 0 Å². The van der Waals surface area contributed by atoms with Crippen molar-refractivity contribution in [3.8, 4) is 0 Å². The summed E-state index contributed by atoms with van der Waals surface area (Å²) in [5.41, 5.74) is 2.51. The molecule has 2 rings (SSSR count). The van der Waals surface area contributed by atoms with Gasteiger partial charge in [0.15, 0.2) is 5.78 Å². The smallest absolute Gasteiger partial charge is 0.225 e. The van der Waals surface area contributed by atoms with Crippen molar-refractivity contribution in [2.24, 2.45) is 5.41 Å². The number of rotatable bonds is 5. The first-order valence-corrected chi connectivity index (χ1v) is 9.43. The standard InChI is InChI=1S/C23H25ClFNO2/c1-14-6-7-16(12-15(14)2)20(27)11-9-18-19(24)10-8-17(21(18)25)13-26-22(28)23(3,4)5/h6-12H,13H2,1-5H3,(H,26,28)/b11-9+. The van der Waals surface area contributed by atoms with Crippen molar-refractivity contribution >= 4 is 29.4 Å². The lowest BCUT2D eigenvalue weighted by Gasteiger charge is -2.18. The van der Waals surface area contributed by atoms with E-state index in [2.05, 4.69) is 5.32 Å². The lowest BCUT2D eigenvalue weighted by atomic mass is 9.95. The molecule has 0 aliphatic carbocycles. The molecule has 5 heteroatoms. The van der Waals surface area contributed by atoms with Crippen LogP contribution in [0.5, 0.6) is 0 Å². The molecule has 1 N–H and O–H groups in total. The van der Waals surface area contributed by atoms with Crippen LogP contribution in [0.4, 0.5) is 4.39 Å². The molecular formula is C23H25ClFNO2. The zero-order valence-corrected chi connectivity index (χ0v) is 17.6. The number of amides is 1. The highest BCUT2D eigenvalue weighted by Gasteiger charge is 2.21. The Morgan fingerprint density at radius 3 is 2.39 bits per heavy atom. The van der Waals surface area contributed by atoms with E-state index >= 15 is 0 Å². The van der Waals surface area contributed by atoms with E-state index in [4.69, 9.17) is 11.6 Å². The van der Waals surface area contributed by atoms with E-state index in [1.807, 2.05) is 19.9 Å². The van der Waals surface area contributed by atoms with Crippen molar-refractivity contribution in [1.29, 1.82) is 0 Å². The normalized spacial score (nSPS) is 11.7. The highest BCUT2D eigenvalue weighted by Crippen LogP contribution is 2.24. The molecule has 0 saturated carbocycles. The van der Waals surface area contributed by atoms with E-state index in [0.717, 1.165) is 11.1 Å². The van der Waals surface area contributed by atoms with Crippen molar-refractivity contribution in [3.05, 3.63) is 75.1 Å². The Labute approximate surface area is 170 Å². The van der Waals surface area contributed by atoms with Crippen molar-refractivity contribution in [3.63, 3.8) is 0 Å². The number of halogens is 2. The highest BCUT2D eigenvalue weighted by molar-refractivity contribution is 6.32. The van der Waals surface area contributed by atoms with Crippen LogP contribution in [-0.4, -0.2) is 11.7 Å². The lowest BCUT2D eigenvalue weighted by Crippen LogP contribution is -2.34. The molecule has 0 spiro atoms. The van der Waals surface area contributed by atoms with E-state index < -0.39 is 11.2 Å². The topological polar surface area (TPSA) is 46.2 Å². The summed E-state index contributed by atoms with van der Waals surface area (Å²) in [6.45, 7) is 9.30. The maximum atomic E-state index is 14.9. The van der Waals surface area contributed by atoms with Gasteiger partial charge in [-0.15, -0.1) is 0 Å². The molecule has 0 saturated heterocycles. The molecule has 0 heterocycles. The Bertz CT molecular complexity index is 942. The summed E-state index contributed by atoms with van der Waals surface area (Å²) in [7, 11) is 0. The second-order valence-electron chi connectivity index (χ2n) is 7.86. The van der Waals surface area contributed by atoms with Crippen LogP contribution in [0.15, 0.2) is 36.4 Å². The fourth-order valence-electron chi connectivity index (χ4n) is 2.49. The molecule has 2 aromatic rings. The largest absolute Gasteiger partial charge is 0.351 e. The van der Waals surface area contributed by atoms with Gasteiger partial charge in [0.1, 0.15) is 5.82 Å². The van der Waals surface area contributed by atoms with E-state index in [0.29, 0.717) is 11.1 Å². The number of aryl methyl sites for hydroxylation is 2. The van der Waals surface area contributed by atoms with Gasteiger partial charge in [-0.1, -0.05) is 50.6 Å². The third-order valence-electron chi connectivity index (χ3n) is 4.52. The molecule has 148 valence electrons. The average molecular weight is 402 g/mol. The molecule has 0 aromatic heterocycles. The Balaban J connectivity index is 2.23. The molecule has 2 aromatic carbocycles. The van der Waals surface area contributed by atoms with Crippen LogP contribution in [0.25, 0.3) is 6.08 Å². The number of hydrogen-bond acceptors (Lipinski definition) is 2. The van der Waals surface area contributed by atoms with Crippen LogP contribution < -0.4 is 5.32 Å². The Morgan fingerprint density at radius 2 is 1.79 bits per heavy atom. The molecule has 0 atom stereocenters. The maximum Gasteiger partial charge on any atom is 0.225 e. The van der Waals surface area contributed by atoms with Crippen LogP contribution in [0.3, 0.4) is 0 Å². The third-order valence-corrected chi connectivity index (χ3v) is 4.85. The van der Waals surface area contributed by atoms with Crippen LogP contribution in [0.2, 0.25) is 5.02 Å². The molecule has 0 aliphatic heterocycles. The van der Waals surface area contributed by atoms with Gasteiger partial charge in [0.05, 0.1) is 5.02 Å². The number of carbonyl (C=O) groups is 2. The quantitative estimate of drug-likeness (QED) is 0.519. The fourth-order valence-corrected chi connectivity index (χ4v) is 2.70. The molecule has 0 aliphatic rings. The number of carbonyl (C=O) groups excluding carboxylic acids is 2. The lowest BCUT2D eigenvalue weighted by molar-refractivity contribution is -0.128. The maximum absolute atomic E-state index is 14.9. The first kappa shape index (κ1) is 21.8. The van der Waals surface area contributed by atoms with Gasteiger partial charge in [0, 0.05) is 28.7 Å². The first-order chi connectivity index (χ1) is 13.0. The highest BCUT2D eigenvalue weighted by atomic mass is 35.5. The van der Waals surface area contributed by atoms with Gasteiger partial charge in [-0.25, -0.2) is 4.39 Å². The molecule has 0 fully saturated rings. The summed E-state index contributed by atoms with van der Waals surface area (Å²) in [6, 6.07) is 8.51. The molecule has 0 unspecified atom stereocenters. The Kier molecular flexibility index (Phi) is 6.78. The number of benzene rings is 2. The number of ketones is 1. The predicted molar refractivity (Wildman–Crippen MR) is 112 cm³/mol. The minimum Gasteiger partial charge on any atom is -0.351 e. The van der Waals surface area contributed by atoms with E-state index in [-0.39, 0.29) is 28.8 Å². The fraction of sp³-hybridized carbons (Fsp3) is 0.304. The van der Waals surface area contributed by atoms with E-state index in [9.17, 15) is 14.0 Å². The molecule has 3 nitrogen and oxygen atoms in total. The Morgan fingerprint density at radius 1 is 1.11 bits per heavy atom. The molecular weight excluding hydrogens is 377 g/mol. The molecule has 0 radical (unpaired) electrons. The summed E-state index contributed by atoms with van der Waals surface area (Å²) in [5, 5.41) is 2.92. The van der Waals surface area contributed by atoms with Gasteiger partial charge in [0.2, 0.25) is 5.91 Å². The monoisotopic (exact) mass is 401 g/mol. The molecule has 1 amide bonds. The number of nitrogens with one attached hydrogen (secondary N) is 1. The van der Waals surface area contributed by atoms with Crippen molar-refractivity contribution in [1.82, 2.24) is 5.32 Å². The van der Waals surface area contributed by atoms with Crippen LogP contribution in [0.1, 0.15) is 53.4 Å². The summed E-state index contributed by atoms with van der Waals surface area (Å²) in [6.07, 6.45) is 2.69. The van der Waals surface area contributed by atoms with Crippen LogP contribution in [0, 0.1) is 25.1 Å². The van der Waals surface area contributed by atoms with Gasteiger partial charge in [-0.3, -0.25) is 9.59 Å². The number of allylic oxidation sites excluding steroid dienone is 1. The average Bonchev–Trinajstić information content (AvgIpc) is 2.61. The second kappa shape index (κ2) is 8.70. The third kappa shape index (κ3) is 5.29. The first-order valence-electron chi connectivity index (χ1n) is 9.05. The SMILES string of the molecule is Cc1ccc(C(=O)/C=C/c2c(Cl)ccc(CNC(=O)C(C)(C)C)c2F)cc1C. The zero-order valence-electron chi connectivity index (χ0n) is 16.8. The predicted octanol–water partition coefficient (Wildman–Crippen LogP) is 5.65. The molecule has 0 bridgehead atoms. The van der Waals surface area contributed by atoms with Gasteiger partial charge in [-0.2, -0.15) is 0 Å². The minimum absolute atomic E-state index is 0.0467. The Hall–Kier alpha value is -2.46. The van der Waals surface area contributed by atoms with Crippen LogP contribution in [-0.2, 0) is 11.3 Å². The zero-order chi connectivity index (χ0) is 21.1. The summed E-state index contributed by atoms with van der Waals surface area (Å²) in [5.74, 6) is -0.959. The summed E-state index contributed by atoms with van der Waals surface area (Å²) in [4.78, 5) is 24.4. The van der Waals surface area contributed by atoms with E-state index in [1.54, 1.807) is 39.0 Å². The second-order valence-corrected chi connectivity index (χ2v) is 8.27. The van der Waals surface area contributed by atoms with Crippen molar-refractivity contribution < 1.29 is 14.0 Å². The number of hydrogen-bond donors (Lipinski definition) is 1. The van der Waals surface area contributed by atoms with Gasteiger partial charge >= 0.3 is 0 Å². The van der Waals surface area contributed by atoms with Gasteiger partial charge in [-0.05, 0) is 49.3 Å². The van der Waals surface area contributed by atoms with Crippen LogP contribution >= 0.6 is 11.6 Å². The summed E-state index contributed by atoms with van der Waals surface area (Å²) < 4.78 is 14.9. The summed E-state index contributed by atoms with van der Waals surface area (Å²) >= 11 is 6.12.